The van der Waals surface area contributed by atoms with Crippen LogP contribution in [0.25, 0.3) is 0 Å². The highest BCUT2D eigenvalue weighted by Gasteiger charge is 2.26. The molecule has 60 valence electrons. The van der Waals surface area contributed by atoms with Crippen LogP contribution in [0.4, 0.5) is 0 Å². The fourth-order valence-corrected chi connectivity index (χ4v) is 0.899. The number of aromatic nitrogens is 2. The third kappa shape index (κ3) is 1.51. The van der Waals surface area contributed by atoms with E-state index >= 15 is 0 Å². The van der Waals surface area contributed by atoms with Crippen molar-refractivity contribution in [1.29, 1.82) is 5.26 Å². The van der Waals surface area contributed by atoms with E-state index in [1.165, 1.54) is 18.5 Å². The number of hydrogen-bond donors (Lipinski definition) is 0. The van der Waals surface area contributed by atoms with Gasteiger partial charge in [-0.3, -0.25) is 9.97 Å². The normalized spacial score (nSPS) is 14.3. The van der Waals surface area contributed by atoms with Gasteiger partial charge >= 0.3 is 0 Å². The first-order valence-corrected chi connectivity index (χ1v) is 4.02. The van der Waals surface area contributed by atoms with E-state index in [4.69, 9.17) is 5.26 Å². The van der Waals surface area contributed by atoms with Crippen LogP contribution in [0.5, 0.6) is 0 Å². The summed E-state index contributed by atoms with van der Waals surface area (Å²) in [5, 5.41) is 8.80. The van der Waals surface area contributed by atoms with E-state index in [2.05, 4.69) is 32.5 Å². The molecule has 1 atom stereocenters. The molecule has 0 saturated heterocycles. The van der Waals surface area contributed by atoms with Crippen LogP contribution in [0.1, 0.15) is 5.69 Å². The van der Waals surface area contributed by atoms with Crippen molar-refractivity contribution in [2.24, 2.45) is 0 Å². The van der Waals surface area contributed by atoms with Crippen LogP contribution in [0.2, 0.25) is 0 Å². The maximum absolute atomic E-state index is 8.80. The van der Waals surface area contributed by atoms with Crippen LogP contribution in [-0.4, -0.2) is 9.97 Å². The lowest BCUT2D eigenvalue weighted by atomic mass is 10.1. The zero-order valence-electron chi connectivity index (χ0n) is 6.24. The van der Waals surface area contributed by atoms with E-state index in [1.807, 2.05) is 6.07 Å². The molecular formula is C8H6BrN3. The molecule has 0 saturated carbocycles. The van der Waals surface area contributed by atoms with Crippen molar-refractivity contribution in [3.05, 3.63) is 36.9 Å². The van der Waals surface area contributed by atoms with Gasteiger partial charge < -0.3 is 0 Å². The van der Waals surface area contributed by atoms with Crippen molar-refractivity contribution in [1.82, 2.24) is 9.97 Å². The van der Waals surface area contributed by atoms with E-state index < -0.39 is 4.32 Å². The van der Waals surface area contributed by atoms with Gasteiger partial charge in [-0.1, -0.05) is 22.0 Å². The molecule has 4 heteroatoms. The fraction of sp³-hybridized carbons (Fsp3) is 0.125. The molecule has 0 fully saturated rings. The smallest absolute Gasteiger partial charge is 0.173 e. The molecule has 12 heavy (non-hydrogen) atoms. The summed E-state index contributed by atoms with van der Waals surface area (Å²) >= 11 is 3.21. The summed E-state index contributed by atoms with van der Waals surface area (Å²) in [5.74, 6) is 0. The van der Waals surface area contributed by atoms with Gasteiger partial charge in [0.25, 0.3) is 0 Å². The van der Waals surface area contributed by atoms with E-state index in [0.29, 0.717) is 5.69 Å². The fourth-order valence-electron chi connectivity index (χ4n) is 0.694. The molecule has 0 aliphatic carbocycles. The Morgan fingerprint density at radius 1 is 1.67 bits per heavy atom. The summed E-state index contributed by atoms with van der Waals surface area (Å²) in [7, 11) is 0. The Bertz CT molecular complexity index is 317. The summed E-state index contributed by atoms with van der Waals surface area (Å²) in [6.45, 7) is 3.54. The number of halogens is 1. The summed E-state index contributed by atoms with van der Waals surface area (Å²) in [4.78, 5) is 7.84. The van der Waals surface area contributed by atoms with Crippen molar-refractivity contribution in [3.63, 3.8) is 0 Å². The summed E-state index contributed by atoms with van der Waals surface area (Å²) in [6.07, 6.45) is 6.10. The van der Waals surface area contributed by atoms with Gasteiger partial charge in [0.2, 0.25) is 0 Å². The van der Waals surface area contributed by atoms with E-state index in [1.54, 1.807) is 6.20 Å². The third-order valence-corrected chi connectivity index (χ3v) is 2.29. The van der Waals surface area contributed by atoms with Gasteiger partial charge in [-0.2, -0.15) is 5.26 Å². The van der Waals surface area contributed by atoms with Gasteiger partial charge in [-0.05, 0) is 0 Å². The number of hydrogen-bond acceptors (Lipinski definition) is 3. The molecule has 1 rings (SSSR count). The molecule has 0 radical (unpaired) electrons. The van der Waals surface area contributed by atoms with Gasteiger partial charge in [0.1, 0.15) is 0 Å². The average Bonchev–Trinajstić information content (AvgIpc) is 2.18. The summed E-state index contributed by atoms with van der Waals surface area (Å²) in [6, 6.07) is 2.04. The van der Waals surface area contributed by atoms with Crippen LogP contribution in [-0.2, 0) is 4.32 Å². The van der Waals surface area contributed by atoms with Crippen molar-refractivity contribution in [3.8, 4) is 6.07 Å². The Hall–Kier alpha value is -1.21. The van der Waals surface area contributed by atoms with Crippen LogP contribution < -0.4 is 0 Å². The van der Waals surface area contributed by atoms with E-state index in [-0.39, 0.29) is 0 Å². The monoisotopic (exact) mass is 223 g/mol. The number of nitrogens with zero attached hydrogens (tertiary/aromatic N) is 3. The average molecular weight is 224 g/mol. The first-order chi connectivity index (χ1) is 5.73. The van der Waals surface area contributed by atoms with Crippen LogP contribution in [0.15, 0.2) is 31.2 Å². The molecule has 3 nitrogen and oxygen atoms in total. The number of rotatable bonds is 2. The SMILES string of the molecule is C=CC(Br)(C#N)c1cnccn1. The minimum atomic E-state index is -0.915. The first kappa shape index (κ1) is 8.88. The first-order valence-electron chi connectivity index (χ1n) is 3.23. The lowest BCUT2D eigenvalue weighted by Gasteiger charge is -2.11. The van der Waals surface area contributed by atoms with Gasteiger partial charge in [-0.15, -0.1) is 6.58 Å². The van der Waals surface area contributed by atoms with Gasteiger partial charge in [-0.25, -0.2) is 0 Å². The number of alkyl halides is 1. The molecule has 0 aliphatic heterocycles. The van der Waals surface area contributed by atoms with Gasteiger partial charge in [0.15, 0.2) is 4.32 Å². The third-order valence-electron chi connectivity index (χ3n) is 1.38. The quantitative estimate of drug-likeness (QED) is 0.568. The molecule has 0 spiro atoms. The molecule has 0 amide bonds. The van der Waals surface area contributed by atoms with Crippen molar-refractivity contribution < 1.29 is 0 Å². The van der Waals surface area contributed by atoms with Crippen molar-refractivity contribution in [2.75, 3.05) is 0 Å². The molecule has 0 bridgehead atoms. The zero-order chi connectivity index (χ0) is 9.03. The molecule has 1 unspecified atom stereocenters. The maximum Gasteiger partial charge on any atom is 0.173 e. The molecule has 0 aromatic carbocycles. The lowest BCUT2D eigenvalue weighted by Crippen LogP contribution is -2.13. The number of nitriles is 1. The zero-order valence-corrected chi connectivity index (χ0v) is 7.82. The second-order valence-corrected chi connectivity index (χ2v) is 3.37. The van der Waals surface area contributed by atoms with Gasteiger partial charge in [0, 0.05) is 12.4 Å². The van der Waals surface area contributed by atoms with Crippen LogP contribution in [0, 0.1) is 11.3 Å². The van der Waals surface area contributed by atoms with Gasteiger partial charge in [0.05, 0.1) is 18.0 Å². The lowest BCUT2D eigenvalue weighted by molar-refractivity contribution is 0.931. The van der Waals surface area contributed by atoms with Crippen LogP contribution >= 0.6 is 15.9 Å². The van der Waals surface area contributed by atoms with E-state index in [0.717, 1.165) is 0 Å². The van der Waals surface area contributed by atoms with Crippen molar-refractivity contribution >= 4 is 15.9 Å². The highest BCUT2D eigenvalue weighted by atomic mass is 79.9. The van der Waals surface area contributed by atoms with Crippen LogP contribution in [0.3, 0.4) is 0 Å². The Morgan fingerprint density at radius 2 is 2.42 bits per heavy atom. The minimum absolute atomic E-state index is 0.544. The van der Waals surface area contributed by atoms with E-state index in [9.17, 15) is 0 Å². The second kappa shape index (κ2) is 3.46. The molecule has 1 aromatic heterocycles. The highest BCUT2D eigenvalue weighted by molar-refractivity contribution is 9.10. The van der Waals surface area contributed by atoms with Crippen molar-refractivity contribution in [2.45, 2.75) is 4.32 Å². The predicted molar refractivity (Wildman–Crippen MR) is 48.4 cm³/mol. The second-order valence-electron chi connectivity index (χ2n) is 2.12. The molecular weight excluding hydrogens is 218 g/mol. The Balaban J connectivity index is 3.14. The number of allylic oxidation sites excluding steroid dienone is 1. The minimum Gasteiger partial charge on any atom is -0.261 e. The highest BCUT2D eigenvalue weighted by Crippen LogP contribution is 2.29. The standard InChI is InChI=1S/C8H6BrN3/c1-2-8(9,6-10)7-5-11-3-4-12-7/h2-5H,1H2. The predicted octanol–water partition coefficient (Wildman–Crippen LogP) is 1.78. The molecule has 1 heterocycles. The maximum atomic E-state index is 8.80. The molecule has 1 aromatic rings. The molecule has 0 N–H and O–H groups in total. The molecule has 0 aliphatic rings. The topological polar surface area (TPSA) is 49.6 Å². The largest absolute Gasteiger partial charge is 0.261 e. The Labute approximate surface area is 78.9 Å². The summed E-state index contributed by atoms with van der Waals surface area (Å²) in [5.41, 5.74) is 0.544. The Kier molecular flexibility index (Phi) is 2.56. The Morgan fingerprint density at radius 3 is 2.83 bits per heavy atom. The summed E-state index contributed by atoms with van der Waals surface area (Å²) < 4.78 is -0.915.